The maximum absolute atomic E-state index is 11.7. The Morgan fingerprint density at radius 1 is 1.17 bits per heavy atom. The summed E-state index contributed by atoms with van der Waals surface area (Å²) >= 11 is 5.89. The van der Waals surface area contributed by atoms with Crippen LogP contribution in [0.2, 0.25) is 5.02 Å². The number of hydrogen-bond donors (Lipinski definition) is 2. The van der Waals surface area contributed by atoms with Gasteiger partial charge in [-0.05, 0) is 57.0 Å². The standard InChI is InChI=1S/C21H29ClN4O2.HI/c1-3-23-21(24-13-5-7-15-26-14-6-4-8-20(26)27)25-16-17(2)28-19-11-9-18(22)10-12-19;/h4,6,8-12,14,17H,3,5,7,13,15-16H2,1-2H3,(H2,23,24,25);1H. The SMILES string of the molecule is CCNC(=NCC(C)Oc1ccc(Cl)cc1)NCCCCn1ccccc1=O.I. The zero-order chi connectivity index (χ0) is 20.2. The Morgan fingerprint density at radius 3 is 2.62 bits per heavy atom. The van der Waals surface area contributed by atoms with Crippen LogP contribution >= 0.6 is 35.6 Å². The van der Waals surface area contributed by atoms with E-state index in [4.69, 9.17) is 16.3 Å². The first-order valence-electron chi connectivity index (χ1n) is 9.68. The number of halogens is 2. The molecule has 0 spiro atoms. The van der Waals surface area contributed by atoms with Crippen LogP contribution in [0.25, 0.3) is 0 Å². The molecular weight excluding hydrogens is 503 g/mol. The second kappa shape index (κ2) is 14.3. The lowest BCUT2D eigenvalue weighted by atomic mass is 10.3. The van der Waals surface area contributed by atoms with Crippen LogP contribution in [0.5, 0.6) is 5.75 Å². The molecule has 0 aliphatic carbocycles. The third-order valence-corrected chi connectivity index (χ3v) is 4.27. The summed E-state index contributed by atoms with van der Waals surface area (Å²) in [7, 11) is 0. The summed E-state index contributed by atoms with van der Waals surface area (Å²) in [6, 6.07) is 12.5. The summed E-state index contributed by atoms with van der Waals surface area (Å²) in [5.74, 6) is 1.55. The summed E-state index contributed by atoms with van der Waals surface area (Å²) in [6.07, 6.45) is 3.64. The van der Waals surface area contributed by atoms with Gasteiger partial charge in [0.25, 0.3) is 0 Å². The largest absolute Gasteiger partial charge is 0.489 e. The van der Waals surface area contributed by atoms with Crippen LogP contribution in [0.1, 0.15) is 26.7 Å². The van der Waals surface area contributed by atoms with Crippen LogP contribution in [0.3, 0.4) is 0 Å². The Kier molecular flexibility index (Phi) is 12.5. The highest BCUT2D eigenvalue weighted by Gasteiger charge is 2.05. The van der Waals surface area contributed by atoms with Crippen molar-refractivity contribution in [3.63, 3.8) is 0 Å². The molecule has 1 aromatic heterocycles. The Hall–Kier alpha value is -1.74. The van der Waals surface area contributed by atoms with Crippen molar-refractivity contribution in [3.05, 3.63) is 64.0 Å². The summed E-state index contributed by atoms with van der Waals surface area (Å²) in [4.78, 5) is 16.3. The molecule has 0 bridgehead atoms. The van der Waals surface area contributed by atoms with Crippen LogP contribution in [0.15, 0.2) is 58.4 Å². The molecule has 8 heteroatoms. The lowest BCUT2D eigenvalue weighted by molar-refractivity contribution is 0.230. The first-order valence-corrected chi connectivity index (χ1v) is 10.1. The molecule has 0 radical (unpaired) electrons. The van der Waals surface area contributed by atoms with E-state index in [9.17, 15) is 4.79 Å². The van der Waals surface area contributed by atoms with E-state index in [0.29, 0.717) is 11.6 Å². The van der Waals surface area contributed by atoms with Crippen molar-refractivity contribution in [2.24, 2.45) is 4.99 Å². The highest BCUT2D eigenvalue weighted by atomic mass is 127. The summed E-state index contributed by atoms with van der Waals surface area (Å²) < 4.78 is 7.58. The van der Waals surface area contributed by atoms with Gasteiger partial charge in [-0.2, -0.15) is 0 Å². The molecule has 0 saturated carbocycles. The fraction of sp³-hybridized carbons (Fsp3) is 0.429. The molecule has 0 amide bonds. The van der Waals surface area contributed by atoms with Gasteiger partial charge in [-0.3, -0.25) is 4.79 Å². The number of benzene rings is 1. The average Bonchev–Trinajstić information content (AvgIpc) is 2.69. The van der Waals surface area contributed by atoms with Crippen molar-refractivity contribution < 1.29 is 4.74 Å². The lowest BCUT2D eigenvalue weighted by Gasteiger charge is -2.15. The van der Waals surface area contributed by atoms with Crippen LogP contribution in [-0.4, -0.2) is 36.3 Å². The molecule has 6 nitrogen and oxygen atoms in total. The van der Waals surface area contributed by atoms with Gasteiger partial charge < -0.3 is 19.9 Å². The molecule has 160 valence electrons. The third-order valence-electron chi connectivity index (χ3n) is 4.02. The quantitative estimate of drug-likeness (QED) is 0.211. The number of nitrogens with one attached hydrogen (secondary N) is 2. The molecule has 0 saturated heterocycles. The number of hydrogen-bond acceptors (Lipinski definition) is 3. The summed E-state index contributed by atoms with van der Waals surface area (Å²) in [5, 5.41) is 7.25. The van der Waals surface area contributed by atoms with E-state index in [1.807, 2.05) is 50.4 Å². The zero-order valence-electron chi connectivity index (χ0n) is 16.9. The van der Waals surface area contributed by atoms with E-state index in [1.54, 1.807) is 16.7 Å². The maximum Gasteiger partial charge on any atom is 0.250 e. The van der Waals surface area contributed by atoms with Crippen molar-refractivity contribution in [2.75, 3.05) is 19.6 Å². The first-order chi connectivity index (χ1) is 13.6. The van der Waals surface area contributed by atoms with Gasteiger partial charge in [-0.25, -0.2) is 4.99 Å². The van der Waals surface area contributed by atoms with Crippen molar-refractivity contribution in [1.29, 1.82) is 0 Å². The van der Waals surface area contributed by atoms with Gasteiger partial charge in [0, 0.05) is 36.9 Å². The van der Waals surface area contributed by atoms with E-state index in [-0.39, 0.29) is 35.6 Å². The second-order valence-electron chi connectivity index (χ2n) is 6.47. The van der Waals surface area contributed by atoms with Crippen molar-refractivity contribution in [3.8, 4) is 5.75 Å². The number of guanidine groups is 1. The summed E-state index contributed by atoms with van der Waals surface area (Å²) in [6.45, 7) is 6.86. The van der Waals surface area contributed by atoms with Gasteiger partial charge in [0.05, 0.1) is 6.54 Å². The number of ether oxygens (including phenoxy) is 1. The molecule has 2 rings (SSSR count). The summed E-state index contributed by atoms with van der Waals surface area (Å²) in [5.41, 5.74) is 0.0417. The number of unbranched alkanes of at least 4 members (excludes halogenated alkanes) is 1. The highest BCUT2D eigenvalue weighted by Crippen LogP contribution is 2.16. The third kappa shape index (κ3) is 10.0. The Labute approximate surface area is 194 Å². The van der Waals surface area contributed by atoms with E-state index >= 15 is 0 Å². The Bertz CT molecular complexity index is 796. The molecule has 2 N–H and O–H groups in total. The minimum atomic E-state index is -0.0541. The molecule has 29 heavy (non-hydrogen) atoms. The fourth-order valence-corrected chi connectivity index (χ4v) is 2.73. The zero-order valence-corrected chi connectivity index (χ0v) is 20.0. The molecule has 0 fully saturated rings. The van der Waals surface area contributed by atoms with E-state index in [0.717, 1.165) is 44.2 Å². The van der Waals surface area contributed by atoms with Crippen LogP contribution in [0.4, 0.5) is 0 Å². The first kappa shape index (κ1) is 25.3. The second-order valence-corrected chi connectivity index (χ2v) is 6.90. The predicted molar refractivity (Wildman–Crippen MR) is 131 cm³/mol. The van der Waals surface area contributed by atoms with Gasteiger partial charge in [-0.1, -0.05) is 17.7 Å². The molecule has 0 aliphatic rings. The van der Waals surface area contributed by atoms with Gasteiger partial charge in [0.2, 0.25) is 5.56 Å². The maximum atomic E-state index is 11.7. The van der Waals surface area contributed by atoms with Gasteiger partial charge >= 0.3 is 0 Å². The lowest BCUT2D eigenvalue weighted by Crippen LogP contribution is -2.38. The highest BCUT2D eigenvalue weighted by molar-refractivity contribution is 14.0. The average molecular weight is 533 g/mol. The number of rotatable bonds is 10. The number of aliphatic imine (C=N–C) groups is 1. The normalized spacial score (nSPS) is 12.0. The van der Waals surface area contributed by atoms with Gasteiger partial charge in [-0.15, -0.1) is 24.0 Å². The van der Waals surface area contributed by atoms with Crippen molar-refractivity contribution in [1.82, 2.24) is 15.2 Å². The van der Waals surface area contributed by atoms with E-state index < -0.39 is 0 Å². The van der Waals surface area contributed by atoms with E-state index in [1.165, 1.54) is 0 Å². The number of aryl methyl sites for hydroxylation is 1. The Balaban J connectivity index is 0.00000420. The predicted octanol–water partition coefficient (Wildman–Crippen LogP) is 3.92. The number of pyridine rings is 1. The number of aromatic nitrogens is 1. The van der Waals surface area contributed by atoms with Crippen molar-refractivity contribution in [2.45, 2.75) is 39.3 Å². The molecule has 2 aromatic rings. The minimum absolute atomic E-state index is 0. The molecule has 1 heterocycles. The van der Waals surface area contributed by atoms with E-state index in [2.05, 4.69) is 15.6 Å². The molecule has 1 aromatic carbocycles. The topological polar surface area (TPSA) is 67.7 Å². The van der Waals surface area contributed by atoms with Crippen molar-refractivity contribution >= 4 is 41.5 Å². The fourth-order valence-electron chi connectivity index (χ4n) is 2.60. The van der Waals surface area contributed by atoms with Gasteiger partial charge in [0.15, 0.2) is 5.96 Å². The monoisotopic (exact) mass is 532 g/mol. The molecular formula is C21H30ClIN4O2. The molecule has 1 atom stereocenters. The smallest absolute Gasteiger partial charge is 0.250 e. The molecule has 1 unspecified atom stereocenters. The number of nitrogens with zero attached hydrogens (tertiary/aromatic N) is 2. The Morgan fingerprint density at radius 2 is 1.93 bits per heavy atom. The molecule has 0 aliphatic heterocycles. The van der Waals surface area contributed by atoms with Crippen LogP contribution in [0, 0.1) is 0 Å². The van der Waals surface area contributed by atoms with Gasteiger partial charge in [0.1, 0.15) is 11.9 Å². The minimum Gasteiger partial charge on any atom is -0.489 e. The van der Waals surface area contributed by atoms with Crippen LogP contribution < -0.4 is 20.9 Å². The van der Waals surface area contributed by atoms with Crippen LogP contribution in [-0.2, 0) is 6.54 Å².